The van der Waals surface area contributed by atoms with Gasteiger partial charge in [-0.2, -0.15) is 0 Å². The number of hydrogen-bond acceptors (Lipinski definition) is 4. The summed E-state index contributed by atoms with van der Waals surface area (Å²) in [6.45, 7) is 7.20. The van der Waals surface area contributed by atoms with Crippen LogP contribution in [0.3, 0.4) is 0 Å². The van der Waals surface area contributed by atoms with Crippen LogP contribution in [-0.2, 0) is 4.79 Å². The number of hydrogen-bond donors (Lipinski definition) is 0. The summed E-state index contributed by atoms with van der Waals surface area (Å²) >= 11 is 7.54. The van der Waals surface area contributed by atoms with Crippen LogP contribution >= 0.6 is 23.4 Å². The summed E-state index contributed by atoms with van der Waals surface area (Å²) in [6, 6.07) is 13.4. The highest BCUT2D eigenvalue weighted by atomic mass is 35.5. The van der Waals surface area contributed by atoms with Crippen molar-refractivity contribution in [2.75, 3.05) is 13.2 Å². The van der Waals surface area contributed by atoms with E-state index in [1.807, 2.05) is 56.3 Å². The van der Waals surface area contributed by atoms with Crippen molar-refractivity contribution >= 4 is 46.2 Å². The molecule has 3 rings (SSSR count). The van der Waals surface area contributed by atoms with Gasteiger partial charge in [-0.25, -0.2) is 4.99 Å². The molecule has 1 aliphatic rings. The molecular weight excluding hydrogens is 392 g/mol. The van der Waals surface area contributed by atoms with Gasteiger partial charge < -0.3 is 4.74 Å². The van der Waals surface area contributed by atoms with Crippen LogP contribution in [-0.4, -0.2) is 29.1 Å². The lowest BCUT2D eigenvalue weighted by Gasteiger charge is -2.12. The summed E-state index contributed by atoms with van der Waals surface area (Å²) in [4.78, 5) is 19.9. The molecule has 6 heteroatoms. The summed E-state index contributed by atoms with van der Waals surface area (Å²) in [6.07, 6.45) is 2.74. The van der Waals surface area contributed by atoms with Crippen molar-refractivity contribution in [1.29, 1.82) is 0 Å². The van der Waals surface area contributed by atoms with E-state index in [-0.39, 0.29) is 5.91 Å². The predicted molar refractivity (Wildman–Crippen MR) is 118 cm³/mol. The van der Waals surface area contributed by atoms with Crippen LogP contribution in [0, 0.1) is 6.92 Å². The van der Waals surface area contributed by atoms with Gasteiger partial charge in [-0.05, 0) is 68.4 Å². The van der Waals surface area contributed by atoms with E-state index in [1.54, 1.807) is 11.0 Å². The number of halogens is 1. The van der Waals surface area contributed by atoms with Crippen LogP contribution in [0.2, 0.25) is 5.02 Å². The predicted octanol–water partition coefficient (Wildman–Crippen LogP) is 6.06. The molecule has 1 heterocycles. The topological polar surface area (TPSA) is 41.9 Å². The van der Waals surface area contributed by atoms with Gasteiger partial charge in [-0.3, -0.25) is 9.69 Å². The molecule has 1 aliphatic heterocycles. The van der Waals surface area contributed by atoms with E-state index in [9.17, 15) is 4.79 Å². The lowest BCUT2D eigenvalue weighted by atomic mass is 10.2. The van der Waals surface area contributed by atoms with Gasteiger partial charge in [-0.1, -0.05) is 36.2 Å². The summed E-state index contributed by atoms with van der Waals surface area (Å²) < 4.78 is 5.81. The normalized spacial score (nSPS) is 17.0. The maximum Gasteiger partial charge on any atom is 0.266 e. The average Bonchev–Trinajstić information content (AvgIpc) is 2.97. The average molecular weight is 415 g/mol. The Bertz CT molecular complexity index is 923. The molecule has 0 aliphatic carbocycles. The number of aliphatic imine (C=N–C) groups is 1. The van der Waals surface area contributed by atoms with Crippen molar-refractivity contribution in [2.24, 2.45) is 4.99 Å². The van der Waals surface area contributed by atoms with E-state index >= 15 is 0 Å². The van der Waals surface area contributed by atoms with Gasteiger partial charge in [0.15, 0.2) is 5.17 Å². The van der Waals surface area contributed by atoms with E-state index in [0.717, 1.165) is 23.4 Å². The molecule has 1 amide bonds. The number of amides is 1. The Morgan fingerprint density at radius 1 is 1.18 bits per heavy atom. The zero-order valence-electron chi connectivity index (χ0n) is 16.2. The maximum atomic E-state index is 12.9. The molecule has 0 aromatic heterocycles. The molecule has 2 aromatic rings. The van der Waals surface area contributed by atoms with E-state index in [0.29, 0.717) is 28.2 Å². The highest BCUT2D eigenvalue weighted by molar-refractivity contribution is 8.18. The fourth-order valence-corrected chi connectivity index (χ4v) is 3.95. The Hall–Kier alpha value is -2.24. The van der Waals surface area contributed by atoms with Crippen LogP contribution in [0.25, 0.3) is 6.08 Å². The molecule has 2 aromatic carbocycles. The van der Waals surface area contributed by atoms with Crippen molar-refractivity contribution in [2.45, 2.75) is 27.2 Å². The Labute approximate surface area is 175 Å². The molecule has 1 saturated heterocycles. The van der Waals surface area contributed by atoms with Crippen LogP contribution in [0.1, 0.15) is 31.4 Å². The molecule has 0 N–H and O–H groups in total. The van der Waals surface area contributed by atoms with Crippen LogP contribution in [0.4, 0.5) is 5.69 Å². The van der Waals surface area contributed by atoms with Gasteiger partial charge >= 0.3 is 0 Å². The second kappa shape index (κ2) is 9.30. The van der Waals surface area contributed by atoms with E-state index in [1.165, 1.54) is 17.3 Å². The van der Waals surface area contributed by atoms with Crippen molar-refractivity contribution in [3.8, 4) is 5.75 Å². The van der Waals surface area contributed by atoms with Crippen LogP contribution < -0.4 is 4.74 Å². The molecular formula is C22H23ClN2O2S. The van der Waals surface area contributed by atoms with Crippen molar-refractivity contribution in [1.82, 2.24) is 4.90 Å². The first-order valence-electron chi connectivity index (χ1n) is 9.31. The zero-order valence-corrected chi connectivity index (χ0v) is 17.8. The third-order valence-corrected chi connectivity index (χ3v) is 5.42. The van der Waals surface area contributed by atoms with Gasteiger partial charge in [0.2, 0.25) is 0 Å². The Balaban J connectivity index is 1.94. The van der Waals surface area contributed by atoms with E-state index in [2.05, 4.69) is 11.9 Å². The van der Waals surface area contributed by atoms with Gasteiger partial charge in [0, 0.05) is 17.1 Å². The summed E-state index contributed by atoms with van der Waals surface area (Å²) in [5, 5.41) is 1.28. The Kier molecular flexibility index (Phi) is 6.81. The Morgan fingerprint density at radius 2 is 1.93 bits per heavy atom. The van der Waals surface area contributed by atoms with Crippen LogP contribution in [0.5, 0.6) is 5.75 Å². The summed E-state index contributed by atoms with van der Waals surface area (Å²) in [5.41, 5.74) is 2.80. The molecule has 146 valence electrons. The highest BCUT2D eigenvalue weighted by Crippen LogP contribution is 2.36. The lowest BCUT2D eigenvalue weighted by Crippen LogP contribution is -2.28. The van der Waals surface area contributed by atoms with Gasteiger partial charge in [0.1, 0.15) is 5.75 Å². The SMILES string of the molecule is CCCOc1ccc(Cl)cc1/C=C1/SC(=Nc2ccc(C)cc2)N(CC)C1=O. The standard InChI is InChI=1S/C22H23ClN2O2S/c1-4-12-27-19-11-8-17(23)13-16(19)14-20-21(26)25(5-2)22(28-20)24-18-9-6-15(3)7-10-18/h6-11,13-14H,4-5,12H2,1-3H3/b20-14+,24-22?. The lowest BCUT2D eigenvalue weighted by molar-refractivity contribution is -0.122. The molecule has 0 saturated carbocycles. The van der Waals surface area contributed by atoms with Gasteiger partial charge in [0.25, 0.3) is 5.91 Å². The quantitative estimate of drug-likeness (QED) is 0.539. The fourth-order valence-electron chi connectivity index (χ4n) is 2.72. The minimum absolute atomic E-state index is 0.0558. The number of nitrogens with zero attached hydrogens (tertiary/aromatic N) is 2. The van der Waals surface area contributed by atoms with Crippen LogP contribution in [0.15, 0.2) is 52.4 Å². The maximum absolute atomic E-state index is 12.9. The number of ether oxygens (including phenoxy) is 1. The van der Waals surface area contributed by atoms with E-state index in [4.69, 9.17) is 16.3 Å². The number of likely N-dealkylation sites (N-methyl/N-ethyl adjacent to an activating group) is 1. The molecule has 1 fully saturated rings. The summed E-state index contributed by atoms with van der Waals surface area (Å²) in [5.74, 6) is 0.666. The number of aryl methyl sites for hydroxylation is 1. The third-order valence-electron chi connectivity index (χ3n) is 4.18. The van der Waals surface area contributed by atoms with Gasteiger partial charge in [-0.15, -0.1) is 0 Å². The minimum Gasteiger partial charge on any atom is -0.493 e. The number of carbonyl (C=O) groups excluding carboxylic acids is 1. The third kappa shape index (κ3) is 4.78. The number of carbonyl (C=O) groups is 1. The smallest absolute Gasteiger partial charge is 0.266 e. The first-order chi connectivity index (χ1) is 13.5. The minimum atomic E-state index is -0.0558. The fraction of sp³-hybridized carbons (Fsp3) is 0.273. The Morgan fingerprint density at radius 3 is 2.61 bits per heavy atom. The van der Waals surface area contributed by atoms with Crippen molar-refractivity contribution in [3.63, 3.8) is 0 Å². The number of amidine groups is 1. The number of benzene rings is 2. The monoisotopic (exact) mass is 414 g/mol. The second-order valence-corrected chi connectivity index (χ2v) is 7.87. The van der Waals surface area contributed by atoms with Gasteiger partial charge in [0.05, 0.1) is 17.2 Å². The van der Waals surface area contributed by atoms with Crippen molar-refractivity contribution in [3.05, 3.63) is 63.5 Å². The molecule has 4 nitrogen and oxygen atoms in total. The summed E-state index contributed by atoms with van der Waals surface area (Å²) in [7, 11) is 0. The molecule has 0 spiro atoms. The number of thioether (sulfide) groups is 1. The molecule has 0 bridgehead atoms. The first kappa shape index (κ1) is 20.5. The number of rotatable bonds is 6. The molecule has 28 heavy (non-hydrogen) atoms. The second-order valence-electron chi connectivity index (χ2n) is 6.42. The highest BCUT2D eigenvalue weighted by Gasteiger charge is 2.32. The zero-order chi connectivity index (χ0) is 20.1. The molecule has 0 radical (unpaired) electrons. The largest absolute Gasteiger partial charge is 0.493 e. The molecule has 0 atom stereocenters. The van der Waals surface area contributed by atoms with E-state index < -0.39 is 0 Å². The van der Waals surface area contributed by atoms with Crippen molar-refractivity contribution < 1.29 is 9.53 Å². The molecule has 0 unspecified atom stereocenters. The first-order valence-corrected chi connectivity index (χ1v) is 10.5.